The number of aryl methyl sites for hydroxylation is 1. The average Bonchev–Trinajstić information content (AvgIpc) is 2.55. The Kier molecular flexibility index (Phi) is 3.97. The first-order valence-corrected chi connectivity index (χ1v) is 7.05. The van der Waals surface area contributed by atoms with Crippen molar-refractivity contribution in [3.05, 3.63) is 36.3 Å². The smallest absolute Gasteiger partial charge is 0.248 e. The van der Waals surface area contributed by atoms with Crippen molar-refractivity contribution in [1.29, 1.82) is 0 Å². The Morgan fingerprint density at radius 1 is 1.45 bits per heavy atom. The van der Waals surface area contributed by atoms with E-state index in [0.717, 1.165) is 17.1 Å². The van der Waals surface area contributed by atoms with E-state index in [0.29, 0.717) is 25.5 Å². The van der Waals surface area contributed by atoms with Gasteiger partial charge in [0.2, 0.25) is 5.91 Å². The largest absolute Gasteiger partial charge is 0.367 e. The van der Waals surface area contributed by atoms with E-state index in [4.69, 9.17) is 10.5 Å². The van der Waals surface area contributed by atoms with Gasteiger partial charge >= 0.3 is 0 Å². The zero-order chi connectivity index (χ0) is 15.5. The van der Waals surface area contributed by atoms with E-state index in [9.17, 15) is 4.79 Å². The zero-order valence-corrected chi connectivity index (χ0v) is 12.3. The summed E-state index contributed by atoms with van der Waals surface area (Å²) >= 11 is 0. The molecule has 1 aliphatic heterocycles. The summed E-state index contributed by atoms with van der Waals surface area (Å²) in [7, 11) is 0. The van der Waals surface area contributed by atoms with Crippen molar-refractivity contribution in [2.24, 2.45) is 5.73 Å². The SMILES string of the molecule is Cc1cc(N2CCOC(C(N)=O)C2)nc(-c2cccnc2)n1. The number of carbonyl (C=O) groups excluding carboxylic acids is 1. The van der Waals surface area contributed by atoms with Crippen molar-refractivity contribution in [1.82, 2.24) is 15.0 Å². The Hall–Kier alpha value is -2.54. The highest BCUT2D eigenvalue weighted by Crippen LogP contribution is 2.21. The Labute approximate surface area is 128 Å². The van der Waals surface area contributed by atoms with Crippen LogP contribution in [0, 0.1) is 6.92 Å². The molecule has 22 heavy (non-hydrogen) atoms. The molecule has 1 aliphatic rings. The first-order valence-electron chi connectivity index (χ1n) is 7.05. The summed E-state index contributed by atoms with van der Waals surface area (Å²) in [4.78, 5) is 26.4. The molecule has 0 spiro atoms. The lowest BCUT2D eigenvalue weighted by Crippen LogP contribution is -2.48. The molecule has 7 heteroatoms. The number of aromatic nitrogens is 3. The maximum Gasteiger partial charge on any atom is 0.248 e. The Morgan fingerprint density at radius 2 is 2.32 bits per heavy atom. The second-order valence-electron chi connectivity index (χ2n) is 5.14. The number of morpholine rings is 1. The molecule has 0 aliphatic carbocycles. The van der Waals surface area contributed by atoms with Crippen LogP contribution in [0.5, 0.6) is 0 Å². The van der Waals surface area contributed by atoms with E-state index < -0.39 is 12.0 Å². The van der Waals surface area contributed by atoms with Crippen LogP contribution in [0.4, 0.5) is 5.82 Å². The standard InChI is InChI=1S/C15H17N5O2/c1-10-7-13(20-5-6-22-12(9-20)14(16)21)19-15(18-10)11-3-2-4-17-8-11/h2-4,7-8,12H,5-6,9H2,1H3,(H2,16,21). The summed E-state index contributed by atoms with van der Waals surface area (Å²) in [6.07, 6.45) is 2.83. The van der Waals surface area contributed by atoms with Gasteiger partial charge in [-0.1, -0.05) is 0 Å². The predicted molar refractivity (Wildman–Crippen MR) is 81.1 cm³/mol. The van der Waals surface area contributed by atoms with E-state index in [1.54, 1.807) is 12.4 Å². The molecule has 1 atom stereocenters. The first kappa shape index (κ1) is 14.4. The van der Waals surface area contributed by atoms with Crippen LogP contribution < -0.4 is 10.6 Å². The number of nitrogens with zero attached hydrogens (tertiary/aromatic N) is 4. The highest BCUT2D eigenvalue weighted by Gasteiger charge is 2.26. The Bertz CT molecular complexity index is 677. The summed E-state index contributed by atoms with van der Waals surface area (Å²) in [6.45, 7) is 3.42. The lowest BCUT2D eigenvalue weighted by molar-refractivity contribution is -0.130. The van der Waals surface area contributed by atoms with Crippen LogP contribution in [0.25, 0.3) is 11.4 Å². The van der Waals surface area contributed by atoms with E-state index in [2.05, 4.69) is 15.0 Å². The number of rotatable bonds is 3. The molecule has 1 amide bonds. The predicted octanol–water partition coefficient (Wildman–Crippen LogP) is 0.538. The van der Waals surface area contributed by atoms with Gasteiger partial charge in [0.05, 0.1) is 13.2 Å². The number of amides is 1. The molecule has 0 aromatic carbocycles. The third-order valence-electron chi connectivity index (χ3n) is 3.47. The van der Waals surface area contributed by atoms with E-state index in [1.807, 2.05) is 30.0 Å². The number of carbonyl (C=O) groups is 1. The van der Waals surface area contributed by atoms with Gasteiger partial charge in [0.25, 0.3) is 0 Å². The highest BCUT2D eigenvalue weighted by atomic mass is 16.5. The maximum absolute atomic E-state index is 11.3. The number of anilines is 1. The number of hydrogen-bond acceptors (Lipinski definition) is 6. The topological polar surface area (TPSA) is 94.2 Å². The Morgan fingerprint density at radius 3 is 3.05 bits per heavy atom. The van der Waals surface area contributed by atoms with Gasteiger partial charge < -0.3 is 15.4 Å². The minimum atomic E-state index is -0.606. The van der Waals surface area contributed by atoms with Gasteiger partial charge in [-0.25, -0.2) is 9.97 Å². The molecular formula is C15H17N5O2. The van der Waals surface area contributed by atoms with Gasteiger partial charge in [-0.3, -0.25) is 9.78 Å². The lowest BCUT2D eigenvalue weighted by atomic mass is 10.2. The van der Waals surface area contributed by atoms with Gasteiger partial charge in [0, 0.05) is 36.3 Å². The summed E-state index contributed by atoms with van der Waals surface area (Å²) < 4.78 is 5.37. The quantitative estimate of drug-likeness (QED) is 0.889. The molecule has 0 radical (unpaired) electrons. The van der Waals surface area contributed by atoms with Gasteiger partial charge in [0.15, 0.2) is 11.9 Å². The molecule has 0 bridgehead atoms. The van der Waals surface area contributed by atoms with Crippen LogP contribution in [-0.2, 0) is 9.53 Å². The molecule has 3 heterocycles. The maximum atomic E-state index is 11.3. The molecule has 3 rings (SSSR count). The number of hydrogen-bond donors (Lipinski definition) is 1. The lowest BCUT2D eigenvalue weighted by Gasteiger charge is -2.32. The van der Waals surface area contributed by atoms with Crippen LogP contribution in [-0.4, -0.2) is 46.7 Å². The van der Waals surface area contributed by atoms with E-state index in [-0.39, 0.29) is 0 Å². The zero-order valence-electron chi connectivity index (χ0n) is 12.3. The van der Waals surface area contributed by atoms with Gasteiger partial charge in [-0.2, -0.15) is 0 Å². The van der Waals surface area contributed by atoms with Crippen molar-refractivity contribution in [3.8, 4) is 11.4 Å². The van der Waals surface area contributed by atoms with Crippen molar-refractivity contribution in [3.63, 3.8) is 0 Å². The number of ether oxygens (including phenoxy) is 1. The molecule has 1 fully saturated rings. The van der Waals surface area contributed by atoms with Crippen LogP contribution in [0.2, 0.25) is 0 Å². The van der Waals surface area contributed by atoms with Crippen LogP contribution >= 0.6 is 0 Å². The van der Waals surface area contributed by atoms with Crippen molar-refractivity contribution < 1.29 is 9.53 Å². The average molecular weight is 299 g/mol. The molecule has 1 unspecified atom stereocenters. The number of primary amides is 1. The van der Waals surface area contributed by atoms with E-state index in [1.165, 1.54) is 0 Å². The summed E-state index contributed by atoms with van der Waals surface area (Å²) in [5.41, 5.74) is 7.03. The summed E-state index contributed by atoms with van der Waals surface area (Å²) in [5.74, 6) is 0.925. The van der Waals surface area contributed by atoms with Crippen LogP contribution in [0.1, 0.15) is 5.69 Å². The minimum absolute atomic E-state index is 0.401. The second kappa shape index (κ2) is 6.07. The second-order valence-corrected chi connectivity index (χ2v) is 5.14. The Balaban J connectivity index is 1.91. The van der Waals surface area contributed by atoms with Crippen molar-refractivity contribution in [2.45, 2.75) is 13.0 Å². The molecule has 2 aromatic rings. The fourth-order valence-electron chi connectivity index (χ4n) is 2.37. The summed E-state index contributed by atoms with van der Waals surface area (Å²) in [5, 5.41) is 0. The van der Waals surface area contributed by atoms with Gasteiger partial charge in [0.1, 0.15) is 5.82 Å². The third kappa shape index (κ3) is 3.04. The molecule has 1 saturated heterocycles. The molecule has 114 valence electrons. The highest BCUT2D eigenvalue weighted by molar-refractivity contribution is 5.79. The molecule has 7 nitrogen and oxygen atoms in total. The molecule has 2 N–H and O–H groups in total. The fourth-order valence-corrected chi connectivity index (χ4v) is 2.37. The van der Waals surface area contributed by atoms with Crippen molar-refractivity contribution in [2.75, 3.05) is 24.6 Å². The monoisotopic (exact) mass is 299 g/mol. The molecule has 2 aromatic heterocycles. The molecule has 0 saturated carbocycles. The van der Waals surface area contributed by atoms with Gasteiger partial charge in [-0.05, 0) is 19.1 Å². The van der Waals surface area contributed by atoms with Gasteiger partial charge in [-0.15, -0.1) is 0 Å². The minimum Gasteiger partial charge on any atom is -0.367 e. The van der Waals surface area contributed by atoms with Crippen molar-refractivity contribution >= 4 is 11.7 Å². The van der Waals surface area contributed by atoms with E-state index >= 15 is 0 Å². The first-order chi connectivity index (χ1) is 10.6. The normalized spacial score (nSPS) is 18.2. The van der Waals surface area contributed by atoms with Crippen LogP contribution in [0.15, 0.2) is 30.6 Å². The number of pyridine rings is 1. The third-order valence-corrected chi connectivity index (χ3v) is 3.47. The number of nitrogens with two attached hydrogens (primary N) is 1. The summed E-state index contributed by atoms with van der Waals surface area (Å²) in [6, 6.07) is 5.65. The molecular weight excluding hydrogens is 282 g/mol. The fraction of sp³-hybridized carbons (Fsp3) is 0.333. The van der Waals surface area contributed by atoms with Crippen LogP contribution in [0.3, 0.4) is 0 Å².